The molecule has 0 unspecified atom stereocenters. The van der Waals surface area contributed by atoms with Crippen LogP contribution in [-0.4, -0.2) is 64.3 Å². The van der Waals surface area contributed by atoms with Crippen LogP contribution >= 0.6 is 0 Å². The molecule has 0 aliphatic rings. The van der Waals surface area contributed by atoms with Crippen molar-refractivity contribution in [3.8, 4) is 0 Å². The summed E-state index contributed by atoms with van der Waals surface area (Å²) >= 11 is 0. The molecule has 0 aromatic rings. The first-order chi connectivity index (χ1) is 8.58. The molecule has 0 N–H and O–H groups in total. The van der Waals surface area contributed by atoms with Gasteiger partial charge in [-0.25, -0.2) is 18.1 Å². The van der Waals surface area contributed by atoms with Crippen LogP contribution in [0.2, 0.25) is 0 Å². The van der Waals surface area contributed by atoms with Gasteiger partial charge in [0, 0.05) is 6.08 Å². The third kappa shape index (κ3) is 17.0. The van der Waals surface area contributed by atoms with Crippen LogP contribution in [0.3, 0.4) is 0 Å². The van der Waals surface area contributed by atoms with Crippen molar-refractivity contribution < 1.29 is 36.2 Å². The zero-order valence-corrected chi connectivity index (χ0v) is 12.4. The Bertz CT molecular complexity index is 364. The van der Waals surface area contributed by atoms with Gasteiger partial charge in [0.1, 0.15) is 13.2 Å². The normalized spacial score (nSPS) is 11.2. The van der Waals surface area contributed by atoms with Gasteiger partial charge in [0.05, 0.1) is 27.7 Å². The number of quaternary nitrogens is 1. The third-order valence-electron chi connectivity index (χ3n) is 2.12. The van der Waals surface area contributed by atoms with Crippen LogP contribution in [0.15, 0.2) is 12.7 Å². The van der Waals surface area contributed by atoms with Crippen LogP contribution in [0.25, 0.3) is 0 Å². The molecule has 0 bridgehead atoms. The van der Waals surface area contributed by atoms with Gasteiger partial charge in [-0.1, -0.05) is 6.58 Å². The van der Waals surface area contributed by atoms with E-state index in [1.807, 2.05) is 0 Å². The summed E-state index contributed by atoms with van der Waals surface area (Å²) in [6.45, 7) is 7.76. The average molecular weight is 299 g/mol. The maximum Gasteiger partial charge on any atom is 0.330 e. The lowest BCUT2D eigenvalue weighted by atomic mass is 10.4. The van der Waals surface area contributed by atoms with Crippen LogP contribution in [0, 0.1) is 0 Å². The average Bonchev–Trinajstić information content (AvgIpc) is 2.28. The van der Waals surface area contributed by atoms with Crippen LogP contribution in [-0.2, 0) is 29.2 Å². The Hall–Kier alpha value is -1.00. The summed E-state index contributed by atoms with van der Waals surface area (Å²) < 4.78 is 36.9. The Kier molecular flexibility index (Phi) is 10.6. The number of carbonyl (C=O) groups is 1. The van der Waals surface area contributed by atoms with Crippen molar-refractivity contribution in [1.29, 1.82) is 0 Å². The first-order valence-electron chi connectivity index (χ1n) is 5.37. The largest absolute Gasteiger partial charge is 0.724 e. The predicted molar refractivity (Wildman–Crippen MR) is 66.5 cm³/mol. The maximum atomic E-state index is 10.6. The molecule has 8 nitrogen and oxygen atoms in total. The summed E-state index contributed by atoms with van der Waals surface area (Å²) in [6, 6.07) is 0. The second-order valence-corrected chi connectivity index (χ2v) is 4.94. The summed E-state index contributed by atoms with van der Waals surface area (Å²) in [6.07, 6.45) is 1.19. The zero-order chi connectivity index (χ0) is 15.5. The second kappa shape index (κ2) is 9.87. The fourth-order valence-corrected chi connectivity index (χ4v) is 0.860. The van der Waals surface area contributed by atoms with E-state index in [0.29, 0.717) is 6.61 Å². The smallest absolute Gasteiger partial charge is 0.330 e. The highest BCUT2D eigenvalue weighted by molar-refractivity contribution is 7.80. The standard InChI is InChI=1S/C9H18NO2.CH4O5S/c1-5-9(11)12-8-7-10(3,4)6-2;1-5-6-7(2,3)4/h5H,1,6-8H2,2-4H3;1H3,(H,2,3,4)/q+1;/p-1. The number of likely N-dealkylation sites (N-methyl/N-ethyl adjacent to an activating group) is 1. The number of ether oxygens (including phenoxy) is 1. The first kappa shape index (κ1) is 20.3. The highest BCUT2D eigenvalue weighted by atomic mass is 32.3. The van der Waals surface area contributed by atoms with Crippen LogP contribution in [0.1, 0.15) is 6.92 Å². The number of rotatable bonds is 7. The highest BCUT2D eigenvalue weighted by Crippen LogP contribution is 1.95. The molecule has 0 aromatic carbocycles. The van der Waals surface area contributed by atoms with Crippen molar-refractivity contribution in [2.45, 2.75) is 6.92 Å². The fraction of sp³-hybridized carbons (Fsp3) is 0.700. The van der Waals surface area contributed by atoms with Crippen molar-refractivity contribution in [2.24, 2.45) is 0 Å². The second-order valence-electron chi connectivity index (χ2n) is 3.99. The minimum absolute atomic E-state index is 0.342. The minimum atomic E-state index is -4.65. The molecule has 19 heavy (non-hydrogen) atoms. The molecule has 0 heterocycles. The first-order valence-corrected chi connectivity index (χ1v) is 6.70. The summed E-state index contributed by atoms with van der Waals surface area (Å²) in [5.41, 5.74) is 0. The Morgan fingerprint density at radius 2 is 1.95 bits per heavy atom. The van der Waals surface area contributed by atoms with E-state index in [1.54, 1.807) is 0 Å². The van der Waals surface area contributed by atoms with Crippen molar-refractivity contribution in [1.82, 2.24) is 0 Å². The Labute approximate surface area is 114 Å². The summed E-state index contributed by atoms with van der Waals surface area (Å²) in [5.74, 6) is -0.342. The molecule has 0 rings (SSSR count). The van der Waals surface area contributed by atoms with E-state index in [2.05, 4.69) is 36.8 Å². The lowest BCUT2D eigenvalue weighted by molar-refractivity contribution is -0.888. The van der Waals surface area contributed by atoms with Crippen molar-refractivity contribution in [3.05, 3.63) is 12.7 Å². The van der Waals surface area contributed by atoms with Gasteiger partial charge < -0.3 is 13.8 Å². The van der Waals surface area contributed by atoms with E-state index < -0.39 is 10.4 Å². The number of hydrogen-bond donors (Lipinski definition) is 0. The van der Waals surface area contributed by atoms with Gasteiger partial charge in [-0.2, -0.15) is 0 Å². The molecular weight excluding hydrogens is 278 g/mol. The fourth-order valence-electron chi connectivity index (χ4n) is 0.694. The molecule has 0 radical (unpaired) electrons. The van der Waals surface area contributed by atoms with E-state index in [0.717, 1.165) is 24.7 Å². The Morgan fingerprint density at radius 1 is 1.42 bits per heavy atom. The van der Waals surface area contributed by atoms with Crippen LogP contribution < -0.4 is 0 Å². The lowest BCUT2D eigenvalue weighted by Gasteiger charge is -2.27. The molecular formula is C10H21NO7S. The molecule has 0 fully saturated rings. The van der Waals surface area contributed by atoms with Gasteiger partial charge in [0.15, 0.2) is 0 Å². The molecule has 0 saturated heterocycles. The highest BCUT2D eigenvalue weighted by Gasteiger charge is 2.11. The van der Waals surface area contributed by atoms with Crippen LogP contribution in [0.5, 0.6) is 0 Å². The zero-order valence-electron chi connectivity index (χ0n) is 11.6. The molecule has 114 valence electrons. The van der Waals surface area contributed by atoms with Gasteiger partial charge in [-0.3, -0.25) is 0 Å². The van der Waals surface area contributed by atoms with Crippen molar-refractivity contribution >= 4 is 16.4 Å². The molecule has 0 aromatic heterocycles. The SMILES string of the molecule is C=CC(=O)OCC[N+](C)(C)CC.COOS(=O)(=O)[O-]. The summed E-state index contributed by atoms with van der Waals surface area (Å²) in [5, 5.41) is 0. The Balaban J connectivity index is 0. The molecule has 0 aliphatic heterocycles. The predicted octanol–water partition coefficient (Wildman–Crippen LogP) is -0.163. The minimum Gasteiger partial charge on any atom is -0.724 e. The van der Waals surface area contributed by atoms with E-state index in [4.69, 9.17) is 4.74 Å². The monoisotopic (exact) mass is 299 g/mol. The van der Waals surface area contributed by atoms with Gasteiger partial charge in [0.25, 0.3) is 0 Å². The third-order valence-corrected chi connectivity index (χ3v) is 2.42. The van der Waals surface area contributed by atoms with Gasteiger partial charge in [-0.05, 0) is 6.92 Å². The van der Waals surface area contributed by atoms with Gasteiger partial charge >= 0.3 is 5.97 Å². The van der Waals surface area contributed by atoms with Crippen LogP contribution in [0.4, 0.5) is 0 Å². The Morgan fingerprint density at radius 3 is 2.21 bits per heavy atom. The van der Waals surface area contributed by atoms with E-state index in [9.17, 15) is 17.8 Å². The van der Waals surface area contributed by atoms with E-state index >= 15 is 0 Å². The number of esters is 1. The maximum absolute atomic E-state index is 10.6. The lowest BCUT2D eigenvalue weighted by Crippen LogP contribution is -2.42. The summed E-state index contributed by atoms with van der Waals surface area (Å²) in [7, 11) is 0.478. The van der Waals surface area contributed by atoms with Gasteiger partial charge in [0.2, 0.25) is 10.4 Å². The quantitative estimate of drug-likeness (QED) is 0.122. The molecule has 0 amide bonds. The molecule has 0 aliphatic carbocycles. The van der Waals surface area contributed by atoms with E-state index in [-0.39, 0.29) is 5.97 Å². The van der Waals surface area contributed by atoms with Crippen molar-refractivity contribution in [2.75, 3.05) is 40.9 Å². The number of nitrogens with zero attached hydrogens (tertiary/aromatic N) is 1. The molecule has 0 spiro atoms. The molecule has 0 saturated carbocycles. The molecule has 9 heteroatoms. The van der Waals surface area contributed by atoms with Gasteiger partial charge in [-0.15, -0.1) is 4.33 Å². The summed E-state index contributed by atoms with van der Waals surface area (Å²) in [4.78, 5) is 14.1. The number of carbonyl (C=O) groups excluding carboxylic acids is 1. The molecule has 0 atom stereocenters. The number of hydrogen-bond acceptors (Lipinski definition) is 7. The van der Waals surface area contributed by atoms with Crippen molar-refractivity contribution in [3.63, 3.8) is 0 Å². The topological polar surface area (TPSA) is 102 Å². The van der Waals surface area contributed by atoms with E-state index in [1.165, 1.54) is 6.08 Å².